The zero-order chi connectivity index (χ0) is 21.3. The Bertz CT molecular complexity index is 947. The number of benzene rings is 2. The summed E-state index contributed by atoms with van der Waals surface area (Å²) in [6, 6.07) is 14.6. The van der Waals surface area contributed by atoms with Gasteiger partial charge in [-0.25, -0.2) is 4.79 Å². The molecule has 30 heavy (non-hydrogen) atoms. The lowest BCUT2D eigenvalue weighted by molar-refractivity contribution is -0.870. The monoisotopic (exact) mass is 469 g/mol. The zero-order valence-electron chi connectivity index (χ0n) is 17.9. The maximum Gasteiger partial charge on any atom is 0.338 e. The van der Waals surface area contributed by atoms with Gasteiger partial charge in [-0.2, -0.15) is 0 Å². The van der Waals surface area contributed by atoms with E-state index in [4.69, 9.17) is 4.74 Å². The number of esters is 1. The maximum absolute atomic E-state index is 12.4. The third-order valence-corrected chi connectivity index (χ3v) is 6.53. The van der Waals surface area contributed by atoms with Gasteiger partial charge in [-0.1, -0.05) is 40.2 Å². The van der Waals surface area contributed by atoms with Gasteiger partial charge in [0.2, 0.25) is 0 Å². The highest BCUT2D eigenvalue weighted by Gasteiger charge is 2.37. The molecule has 1 N–H and O–H groups in total. The van der Waals surface area contributed by atoms with E-state index in [0.717, 1.165) is 28.3 Å². The smallest absolute Gasteiger partial charge is 0.338 e. The topological polar surface area (TPSA) is 38.3 Å². The van der Waals surface area contributed by atoms with Crippen molar-refractivity contribution >= 4 is 27.6 Å². The number of ether oxygens (including phenoxy) is 1. The fourth-order valence-electron chi connectivity index (χ4n) is 4.51. The Kier molecular flexibility index (Phi) is 6.03. The Morgan fingerprint density at radius 1 is 1.17 bits per heavy atom. The molecule has 0 radical (unpaired) electrons. The molecule has 0 spiro atoms. The molecule has 5 heteroatoms. The summed E-state index contributed by atoms with van der Waals surface area (Å²) in [5, 5.41) is 3.74. The molecule has 1 aliphatic carbocycles. The van der Waals surface area contributed by atoms with Crippen molar-refractivity contribution in [2.45, 2.75) is 24.8 Å². The summed E-state index contributed by atoms with van der Waals surface area (Å²) in [4.78, 5) is 12.4. The van der Waals surface area contributed by atoms with Crippen LogP contribution in [0.25, 0.3) is 0 Å². The van der Waals surface area contributed by atoms with Gasteiger partial charge in [-0.3, -0.25) is 0 Å². The summed E-state index contributed by atoms with van der Waals surface area (Å²) < 4.78 is 7.45. The van der Waals surface area contributed by atoms with Gasteiger partial charge >= 0.3 is 5.97 Å². The molecule has 2 aliphatic rings. The molecule has 0 fully saturated rings. The zero-order valence-corrected chi connectivity index (χ0v) is 19.5. The van der Waals surface area contributed by atoms with Gasteiger partial charge in [-0.05, 0) is 53.8 Å². The van der Waals surface area contributed by atoms with Gasteiger partial charge in [0.1, 0.15) is 0 Å². The van der Waals surface area contributed by atoms with E-state index < -0.39 is 0 Å². The summed E-state index contributed by atoms with van der Waals surface area (Å²) in [7, 11) is 6.42. The van der Waals surface area contributed by atoms with Crippen LogP contribution in [0.1, 0.15) is 46.3 Å². The van der Waals surface area contributed by atoms with Crippen LogP contribution < -0.4 is 5.32 Å². The number of anilines is 1. The van der Waals surface area contributed by atoms with Gasteiger partial charge in [0.15, 0.2) is 0 Å². The molecular weight excluding hydrogens is 440 g/mol. The van der Waals surface area contributed by atoms with Gasteiger partial charge in [0, 0.05) is 22.5 Å². The predicted molar refractivity (Wildman–Crippen MR) is 125 cm³/mol. The number of nitrogens with zero attached hydrogens (tertiary/aromatic N) is 1. The first kappa shape index (κ1) is 21.1. The van der Waals surface area contributed by atoms with Gasteiger partial charge in [0.25, 0.3) is 0 Å². The van der Waals surface area contributed by atoms with Crippen molar-refractivity contribution in [1.29, 1.82) is 0 Å². The molecule has 4 rings (SSSR count). The van der Waals surface area contributed by atoms with Crippen LogP contribution in [-0.4, -0.2) is 44.7 Å². The standard InChI is InChI=1S/C25H30BrN2O2/c1-28(2,3)14-5-15-30-25(29)18-10-8-17(9-11-18)24-21-7-4-6-20(21)22-16-19(26)12-13-23(22)27-24/h4,6,8-13,16,20-21,24,27H,5,7,14-15H2,1-3H3/q+1. The second-order valence-electron chi connectivity index (χ2n) is 9.33. The molecule has 3 atom stereocenters. The molecular formula is C25H30BrN2O2+. The minimum absolute atomic E-state index is 0.230. The van der Waals surface area contributed by atoms with Crippen LogP contribution in [0.15, 0.2) is 59.1 Å². The van der Waals surface area contributed by atoms with Crippen molar-refractivity contribution < 1.29 is 14.0 Å². The molecule has 0 aromatic heterocycles. The molecule has 0 amide bonds. The quantitative estimate of drug-likeness (QED) is 0.261. The maximum atomic E-state index is 12.4. The summed E-state index contributed by atoms with van der Waals surface area (Å²) in [5.74, 6) is 0.671. The molecule has 158 valence electrons. The number of carbonyl (C=O) groups excluding carboxylic acids is 1. The number of fused-ring (bicyclic) bond motifs is 3. The molecule has 4 nitrogen and oxygen atoms in total. The lowest BCUT2D eigenvalue weighted by atomic mass is 9.77. The fraction of sp³-hybridized carbons (Fsp3) is 0.400. The Morgan fingerprint density at radius 2 is 1.93 bits per heavy atom. The van der Waals surface area contributed by atoms with E-state index in [2.05, 4.69) is 84.9 Å². The molecule has 1 aliphatic heterocycles. The summed E-state index contributed by atoms with van der Waals surface area (Å²) in [6.07, 6.45) is 6.56. The Labute approximate surface area is 187 Å². The highest BCUT2D eigenvalue weighted by atomic mass is 79.9. The van der Waals surface area contributed by atoms with Crippen LogP contribution in [0.3, 0.4) is 0 Å². The first-order valence-electron chi connectivity index (χ1n) is 10.6. The minimum Gasteiger partial charge on any atom is -0.462 e. The van der Waals surface area contributed by atoms with Crippen LogP contribution >= 0.6 is 15.9 Å². The normalized spacial score (nSPS) is 22.2. The second kappa shape index (κ2) is 8.56. The van der Waals surface area contributed by atoms with E-state index in [9.17, 15) is 4.79 Å². The van der Waals surface area contributed by atoms with E-state index in [1.807, 2.05) is 12.1 Å². The van der Waals surface area contributed by atoms with Crippen molar-refractivity contribution in [3.63, 3.8) is 0 Å². The van der Waals surface area contributed by atoms with Crippen LogP contribution in [0.4, 0.5) is 5.69 Å². The highest BCUT2D eigenvalue weighted by Crippen LogP contribution is 2.50. The average molecular weight is 470 g/mol. The number of rotatable bonds is 6. The Morgan fingerprint density at radius 3 is 2.67 bits per heavy atom. The van der Waals surface area contributed by atoms with E-state index in [1.165, 1.54) is 16.8 Å². The Hall–Kier alpha value is -2.11. The number of allylic oxidation sites excluding steroid dienone is 2. The van der Waals surface area contributed by atoms with Crippen LogP contribution in [0.2, 0.25) is 0 Å². The molecule has 3 unspecified atom stereocenters. The predicted octanol–water partition coefficient (Wildman–Crippen LogP) is 5.53. The van der Waals surface area contributed by atoms with Gasteiger partial charge in [-0.15, -0.1) is 0 Å². The van der Waals surface area contributed by atoms with E-state index in [-0.39, 0.29) is 12.0 Å². The first-order chi connectivity index (χ1) is 14.3. The van der Waals surface area contributed by atoms with Crippen LogP contribution in [0, 0.1) is 5.92 Å². The first-order valence-corrected chi connectivity index (χ1v) is 11.4. The number of quaternary nitrogens is 1. The fourth-order valence-corrected chi connectivity index (χ4v) is 4.89. The molecule has 2 aromatic carbocycles. The van der Waals surface area contributed by atoms with Gasteiger partial charge < -0.3 is 14.5 Å². The SMILES string of the molecule is C[N+](C)(C)CCCOC(=O)c1ccc(C2Nc3ccc(Br)cc3C3C=CCC32)cc1. The molecule has 2 aromatic rings. The third kappa shape index (κ3) is 4.62. The van der Waals surface area contributed by atoms with Crippen molar-refractivity contribution in [1.82, 2.24) is 0 Å². The van der Waals surface area contributed by atoms with Crippen LogP contribution in [-0.2, 0) is 4.74 Å². The lowest BCUT2D eigenvalue weighted by Crippen LogP contribution is -2.35. The van der Waals surface area contributed by atoms with Crippen LogP contribution in [0.5, 0.6) is 0 Å². The van der Waals surface area contributed by atoms with Crippen molar-refractivity contribution in [2.24, 2.45) is 5.92 Å². The molecule has 1 heterocycles. The number of halogens is 1. The van der Waals surface area contributed by atoms with Gasteiger partial charge in [0.05, 0.1) is 45.9 Å². The summed E-state index contributed by atoms with van der Waals surface area (Å²) in [5.41, 5.74) is 4.37. The van der Waals surface area contributed by atoms with Crippen molar-refractivity contribution in [3.8, 4) is 0 Å². The lowest BCUT2D eigenvalue weighted by Gasteiger charge is -2.37. The van der Waals surface area contributed by atoms with E-state index in [0.29, 0.717) is 24.0 Å². The summed E-state index contributed by atoms with van der Waals surface area (Å²) in [6.45, 7) is 1.44. The number of hydrogen-bond donors (Lipinski definition) is 1. The largest absolute Gasteiger partial charge is 0.462 e. The average Bonchev–Trinajstić information content (AvgIpc) is 3.20. The number of nitrogens with one attached hydrogen (secondary N) is 1. The summed E-state index contributed by atoms with van der Waals surface area (Å²) >= 11 is 3.60. The van der Waals surface area contributed by atoms with E-state index >= 15 is 0 Å². The molecule has 0 saturated heterocycles. The minimum atomic E-state index is -0.241. The Balaban J connectivity index is 1.44. The molecule has 0 saturated carbocycles. The number of hydrogen-bond acceptors (Lipinski definition) is 3. The van der Waals surface area contributed by atoms with Crippen molar-refractivity contribution in [3.05, 3.63) is 75.8 Å². The van der Waals surface area contributed by atoms with E-state index in [1.54, 1.807) is 0 Å². The second-order valence-corrected chi connectivity index (χ2v) is 10.2. The molecule has 0 bridgehead atoms. The third-order valence-electron chi connectivity index (χ3n) is 6.04. The highest BCUT2D eigenvalue weighted by molar-refractivity contribution is 9.10. The van der Waals surface area contributed by atoms with Crippen molar-refractivity contribution in [2.75, 3.05) is 39.6 Å². The number of carbonyl (C=O) groups is 1.